The number of hydrogen-bond acceptors (Lipinski definition) is 2. The van der Waals surface area contributed by atoms with Gasteiger partial charge in [-0.2, -0.15) is 0 Å². The summed E-state index contributed by atoms with van der Waals surface area (Å²) >= 11 is 0. The fourth-order valence-corrected chi connectivity index (χ4v) is 1.50. The Bertz CT molecular complexity index is 371. The summed E-state index contributed by atoms with van der Waals surface area (Å²) in [7, 11) is 0. The summed E-state index contributed by atoms with van der Waals surface area (Å²) in [5, 5.41) is 3.21. The first-order valence-corrected chi connectivity index (χ1v) is 6.18. The molecular formula is C15H23NO. The fourth-order valence-electron chi connectivity index (χ4n) is 1.50. The maximum atomic E-state index is 11.9. The summed E-state index contributed by atoms with van der Waals surface area (Å²) in [5.41, 5.74) is 2.03. The van der Waals surface area contributed by atoms with Gasteiger partial charge in [0, 0.05) is 11.1 Å². The molecule has 0 aliphatic heterocycles. The second kappa shape index (κ2) is 5.46. The molecule has 0 unspecified atom stereocenters. The van der Waals surface area contributed by atoms with E-state index >= 15 is 0 Å². The van der Waals surface area contributed by atoms with Crippen LogP contribution in [-0.2, 0) is 0 Å². The second-order valence-electron chi connectivity index (χ2n) is 5.80. The second-order valence-corrected chi connectivity index (χ2v) is 5.80. The van der Waals surface area contributed by atoms with Gasteiger partial charge in [-0.3, -0.25) is 4.79 Å². The van der Waals surface area contributed by atoms with Gasteiger partial charge in [-0.1, -0.05) is 38.1 Å². The average molecular weight is 233 g/mol. The van der Waals surface area contributed by atoms with Crippen LogP contribution in [0.3, 0.4) is 0 Å². The molecule has 1 aromatic carbocycles. The topological polar surface area (TPSA) is 29.1 Å². The van der Waals surface area contributed by atoms with Crippen molar-refractivity contribution in [2.45, 2.75) is 46.1 Å². The maximum Gasteiger partial charge on any atom is 0.176 e. The van der Waals surface area contributed by atoms with Crippen LogP contribution in [0.4, 0.5) is 0 Å². The molecule has 0 aromatic heterocycles. The van der Waals surface area contributed by atoms with Crippen molar-refractivity contribution in [3.8, 4) is 0 Å². The maximum absolute atomic E-state index is 11.9. The Balaban J connectivity index is 2.64. The summed E-state index contributed by atoms with van der Waals surface area (Å²) in [6, 6.07) is 7.91. The zero-order valence-electron chi connectivity index (χ0n) is 11.5. The third kappa shape index (κ3) is 4.70. The van der Waals surface area contributed by atoms with E-state index in [1.54, 1.807) is 0 Å². The molecule has 0 saturated carbocycles. The van der Waals surface area contributed by atoms with Crippen LogP contribution >= 0.6 is 0 Å². The van der Waals surface area contributed by atoms with Gasteiger partial charge in [0.1, 0.15) is 0 Å². The van der Waals surface area contributed by atoms with Crippen molar-refractivity contribution in [2.24, 2.45) is 0 Å². The summed E-state index contributed by atoms with van der Waals surface area (Å²) in [6.07, 6.45) is 0. The van der Waals surface area contributed by atoms with Crippen LogP contribution in [0.2, 0.25) is 0 Å². The van der Waals surface area contributed by atoms with Gasteiger partial charge < -0.3 is 5.32 Å². The normalized spacial score (nSPS) is 11.9. The van der Waals surface area contributed by atoms with Crippen LogP contribution in [0, 0.1) is 0 Å². The Hall–Kier alpha value is -1.15. The fraction of sp³-hybridized carbons (Fsp3) is 0.533. The van der Waals surface area contributed by atoms with Gasteiger partial charge in [0.25, 0.3) is 0 Å². The Morgan fingerprint density at radius 2 is 1.71 bits per heavy atom. The average Bonchev–Trinajstić information content (AvgIpc) is 2.25. The molecule has 0 fully saturated rings. The highest BCUT2D eigenvalue weighted by Crippen LogP contribution is 2.14. The first kappa shape index (κ1) is 13.9. The first-order valence-electron chi connectivity index (χ1n) is 6.18. The lowest BCUT2D eigenvalue weighted by molar-refractivity contribution is 0.0982. The molecule has 1 aromatic rings. The lowest BCUT2D eigenvalue weighted by Crippen LogP contribution is -2.39. The number of Topliss-reactive ketones (excluding diaryl/α,β-unsaturated/α-hetero) is 1. The van der Waals surface area contributed by atoms with Gasteiger partial charge in [-0.25, -0.2) is 0 Å². The molecule has 0 saturated heterocycles. The van der Waals surface area contributed by atoms with E-state index < -0.39 is 0 Å². The van der Waals surface area contributed by atoms with Crippen LogP contribution in [0.5, 0.6) is 0 Å². The lowest BCUT2D eigenvalue weighted by atomic mass is 10.00. The number of nitrogens with one attached hydrogen (secondary N) is 1. The Kier molecular flexibility index (Phi) is 4.47. The molecule has 94 valence electrons. The van der Waals surface area contributed by atoms with Crippen LogP contribution < -0.4 is 5.32 Å². The van der Waals surface area contributed by atoms with E-state index in [4.69, 9.17) is 0 Å². The van der Waals surface area contributed by atoms with Crippen LogP contribution in [0.1, 0.15) is 56.5 Å². The molecule has 2 nitrogen and oxygen atoms in total. The van der Waals surface area contributed by atoms with Crippen molar-refractivity contribution in [3.63, 3.8) is 0 Å². The molecule has 0 amide bonds. The number of carbonyl (C=O) groups excluding carboxylic acids is 1. The summed E-state index contributed by atoms with van der Waals surface area (Å²) in [4.78, 5) is 11.9. The molecule has 1 N–H and O–H groups in total. The van der Waals surface area contributed by atoms with Gasteiger partial charge in [0.05, 0.1) is 6.54 Å². The van der Waals surface area contributed by atoms with E-state index in [2.05, 4.69) is 39.9 Å². The molecule has 0 aliphatic rings. The lowest BCUT2D eigenvalue weighted by Gasteiger charge is -2.19. The predicted octanol–water partition coefficient (Wildman–Crippen LogP) is 3.38. The van der Waals surface area contributed by atoms with Crippen LogP contribution in [0.25, 0.3) is 0 Å². The number of rotatable bonds is 4. The first-order chi connectivity index (χ1) is 7.79. The Morgan fingerprint density at radius 3 is 2.12 bits per heavy atom. The Morgan fingerprint density at radius 1 is 1.18 bits per heavy atom. The molecule has 0 aliphatic carbocycles. The van der Waals surface area contributed by atoms with E-state index in [1.807, 2.05) is 24.3 Å². The van der Waals surface area contributed by atoms with E-state index in [9.17, 15) is 4.79 Å². The largest absolute Gasteiger partial charge is 0.305 e. The number of benzene rings is 1. The summed E-state index contributed by atoms with van der Waals surface area (Å²) in [5.74, 6) is 0.655. The standard InChI is InChI=1S/C15H23NO/c1-11(2)12-6-8-13(9-7-12)14(17)10-16-15(3,4)5/h6-9,11,16H,10H2,1-5H3. The van der Waals surface area contributed by atoms with Crippen molar-refractivity contribution in [2.75, 3.05) is 6.54 Å². The smallest absolute Gasteiger partial charge is 0.176 e. The van der Waals surface area contributed by atoms with Crippen molar-refractivity contribution in [1.82, 2.24) is 5.32 Å². The number of hydrogen-bond donors (Lipinski definition) is 1. The molecule has 1 rings (SSSR count). The molecular weight excluding hydrogens is 210 g/mol. The minimum Gasteiger partial charge on any atom is -0.305 e. The van der Waals surface area contributed by atoms with E-state index in [0.717, 1.165) is 5.56 Å². The number of ketones is 1. The third-order valence-corrected chi connectivity index (χ3v) is 2.68. The minimum atomic E-state index is -0.0203. The van der Waals surface area contributed by atoms with Gasteiger partial charge in [0.15, 0.2) is 5.78 Å². The van der Waals surface area contributed by atoms with E-state index in [-0.39, 0.29) is 11.3 Å². The quantitative estimate of drug-likeness (QED) is 0.808. The molecule has 0 radical (unpaired) electrons. The molecule has 0 atom stereocenters. The van der Waals surface area contributed by atoms with Crippen molar-refractivity contribution in [3.05, 3.63) is 35.4 Å². The molecule has 0 spiro atoms. The van der Waals surface area contributed by atoms with Gasteiger partial charge in [-0.15, -0.1) is 0 Å². The van der Waals surface area contributed by atoms with E-state index in [0.29, 0.717) is 12.5 Å². The van der Waals surface area contributed by atoms with Crippen LogP contribution in [-0.4, -0.2) is 17.9 Å². The highest BCUT2D eigenvalue weighted by Gasteiger charge is 2.12. The van der Waals surface area contributed by atoms with Crippen molar-refractivity contribution < 1.29 is 4.79 Å². The molecule has 0 bridgehead atoms. The summed E-state index contributed by atoms with van der Waals surface area (Å²) in [6.45, 7) is 10.9. The predicted molar refractivity (Wildman–Crippen MR) is 72.6 cm³/mol. The van der Waals surface area contributed by atoms with Crippen molar-refractivity contribution in [1.29, 1.82) is 0 Å². The minimum absolute atomic E-state index is 0.0203. The monoisotopic (exact) mass is 233 g/mol. The summed E-state index contributed by atoms with van der Waals surface area (Å²) < 4.78 is 0. The Labute approximate surface area is 104 Å². The molecule has 17 heavy (non-hydrogen) atoms. The van der Waals surface area contributed by atoms with Crippen LogP contribution in [0.15, 0.2) is 24.3 Å². The van der Waals surface area contributed by atoms with Gasteiger partial charge >= 0.3 is 0 Å². The zero-order valence-corrected chi connectivity index (χ0v) is 11.5. The van der Waals surface area contributed by atoms with E-state index in [1.165, 1.54) is 5.56 Å². The number of carbonyl (C=O) groups is 1. The van der Waals surface area contributed by atoms with Crippen molar-refractivity contribution >= 4 is 5.78 Å². The van der Waals surface area contributed by atoms with Gasteiger partial charge in [0.2, 0.25) is 0 Å². The molecule has 0 heterocycles. The SMILES string of the molecule is CC(C)c1ccc(C(=O)CNC(C)(C)C)cc1. The molecule has 2 heteroatoms. The highest BCUT2D eigenvalue weighted by molar-refractivity contribution is 5.97. The van der Waals surface area contributed by atoms with Gasteiger partial charge in [-0.05, 0) is 32.3 Å². The third-order valence-electron chi connectivity index (χ3n) is 2.68. The zero-order chi connectivity index (χ0) is 13.1. The highest BCUT2D eigenvalue weighted by atomic mass is 16.1.